The number of aliphatic carboxylic acids is 1. The normalized spacial score (nSPS) is 11.0. The highest BCUT2D eigenvalue weighted by molar-refractivity contribution is 5.69. The Bertz CT molecular complexity index is 548. The van der Waals surface area contributed by atoms with Crippen molar-refractivity contribution < 1.29 is 62.1 Å². The van der Waals surface area contributed by atoms with E-state index in [1.807, 2.05) is 0 Å². The minimum atomic E-state index is -0.862. The molecule has 0 amide bonds. The minimum absolute atomic E-state index is 0.0621. The lowest BCUT2D eigenvalue weighted by molar-refractivity contribution is -0.146. The Balaban J connectivity index is 3.10. The number of hydrogen-bond donors (Lipinski definition) is 1. The zero-order valence-electron chi connectivity index (χ0n) is 23.2. The van der Waals surface area contributed by atoms with Crippen LogP contribution < -0.4 is 0 Å². The number of carboxylic acids is 1. The first-order valence-electron chi connectivity index (χ1n) is 13.4. The van der Waals surface area contributed by atoms with Crippen LogP contribution in [0, 0.1) is 0 Å². The number of ether oxygens (including phenoxy) is 10. The van der Waals surface area contributed by atoms with E-state index in [9.17, 15) is 9.59 Å². The maximum Gasteiger partial charge on any atom is 0.305 e. The third-order valence-corrected chi connectivity index (χ3v) is 4.58. The summed E-state index contributed by atoms with van der Waals surface area (Å²) in [5, 5.41) is 8.53. The SMILES string of the molecule is C=COCCOCCOCCOCCOCCOCCOCCOCCOCCOC(=O)CCCCC(=O)O. The molecular formula is C26H48O13. The fourth-order valence-corrected chi connectivity index (χ4v) is 2.66. The molecule has 0 unspecified atom stereocenters. The predicted molar refractivity (Wildman–Crippen MR) is 140 cm³/mol. The smallest absolute Gasteiger partial charge is 0.305 e. The van der Waals surface area contributed by atoms with Gasteiger partial charge in [0.1, 0.15) is 13.2 Å². The van der Waals surface area contributed by atoms with Gasteiger partial charge in [-0.3, -0.25) is 9.59 Å². The molecule has 0 saturated heterocycles. The van der Waals surface area contributed by atoms with Crippen LogP contribution >= 0.6 is 0 Å². The van der Waals surface area contributed by atoms with Gasteiger partial charge in [-0.1, -0.05) is 6.58 Å². The molecule has 0 bridgehead atoms. The van der Waals surface area contributed by atoms with Crippen molar-refractivity contribution in [3.63, 3.8) is 0 Å². The number of unbranched alkanes of at least 4 members (excludes halogenated alkanes) is 1. The third kappa shape index (κ3) is 34.1. The number of carbonyl (C=O) groups is 2. The molecule has 1 N–H and O–H groups in total. The van der Waals surface area contributed by atoms with Crippen molar-refractivity contribution in [2.75, 3.05) is 119 Å². The predicted octanol–water partition coefficient (Wildman–Crippen LogP) is 1.47. The summed E-state index contributed by atoms with van der Waals surface area (Å²) < 4.78 is 53.0. The average Bonchev–Trinajstić information content (AvgIpc) is 2.92. The Kier molecular flexibility index (Phi) is 30.8. The Labute approximate surface area is 231 Å². The highest BCUT2D eigenvalue weighted by atomic mass is 16.6. The standard InChI is InChI=1S/C26H48O13/c1-2-30-7-8-31-9-10-32-11-12-33-13-14-34-15-16-35-17-18-36-19-20-37-21-22-38-23-24-39-26(29)6-4-3-5-25(27)28/h2H,1,3-24H2,(H,27,28). The molecule has 0 aliphatic rings. The largest absolute Gasteiger partial charge is 0.499 e. The van der Waals surface area contributed by atoms with Gasteiger partial charge in [-0.25, -0.2) is 0 Å². The van der Waals surface area contributed by atoms with Crippen molar-refractivity contribution in [3.8, 4) is 0 Å². The van der Waals surface area contributed by atoms with E-state index in [0.717, 1.165) is 0 Å². The molecule has 0 rings (SSSR count). The molecule has 13 heteroatoms. The summed E-state index contributed by atoms with van der Waals surface area (Å²) in [5.41, 5.74) is 0. The van der Waals surface area contributed by atoms with Crippen molar-refractivity contribution in [2.24, 2.45) is 0 Å². The minimum Gasteiger partial charge on any atom is -0.499 e. The number of carboxylic acid groups (broad SMARTS) is 1. The van der Waals surface area contributed by atoms with Crippen molar-refractivity contribution in [2.45, 2.75) is 25.7 Å². The summed E-state index contributed by atoms with van der Waals surface area (Å²) in [4.78, 5) is 21.8. The van der Waals surface area contributed by atoms with Crippen LogP contribution in [0.1, 0.15) is 25.7 Å². The lowest BCUT2D eigenvalue weighted by Gasteiger charge is -2.09. The fraction of sp³-hybridized carbons (Fsp3) is 0.846. The molecule has 230 valence electrons. The van der Waals surface area contributed by atoms with Crippen LogP contribution in [0.15, 0.2) is 12.8 Å². The maximum atomic E-state index is 11.4. The van der Waals surface area contributed by atoms with Gasteiger partial charge in [0.15, 0.2) is 0 Å². The van der Waals surface area contributed by atoms with E-state index in [1.54, 1.807) is 0 Å². The fourth-order valence-electron chi connectivity index (χ4n) is 2.66. The maximum absolute atomic E-state index is 11.4. The summed E-state index contributed by atoms with van der Waals surface area (Å²) in [7, 11) is 0. The van der Waals surface area contributed by atoms with Gasteiger partial charge in [-0.05, 0) is 12.8 Å². The Morgan fingerprint density at radius 3 is 1.13 bits per heavy atom. The van der Waals surface area contributed by atoms with E-state index >= 15 is 0 Å². The molecule has 0 spiro atoms. The Morgan fingerprint density at radius 1 is 0.487 bits per heavy atom. The summed E-state index contributed by atoms with van der Waals surface area (Å²) in [6, 6.07) is 0. The van der Waals surface area contributed by atoms with E-state index in [2.05, 4.69) is 6.58 Å². The van der Waals surface area contributed by atoms with Crippen LogP contribution in [0.5, 0.6) is 0 Å². The van der Waals surface area contributed by atoms with Gasteiger partial charge in [0, 0.05) is 12.8 Å². The second-order valence-electron chi connectivity index (χ2n) is 7.76. The zero-order valence-corrected chi connectivity index (χ0v) is 23.2. The second kappa shape index (κ2) is 32.4. The van der Waals surface area contributed by atoms with Gasteiger partial charge in [0.2, 0.25) is 0 Å². The van der Waals surface area contributed by atoms with Gasteiger partial charge in [0.25, 0.3) is 0 Å². The number of rotatable bonds is 33. The average molecular weight is 569 g/mol. The van der Waals surface area contributed by atoms with Gasteiger partial charge < -0.3 is 52.5 Å². The molecule has 0 aromatic heterocycles. The van der Waals surface area contributed by atoms with Crippen molar-refractivity contribution in [1.82, 2.24) is 0 Å². The quantitative estimate of drug-likeness (QED) is 0.0693. The van der Waals surface area contributed by atoms with Crippen LogP contribution in [0.2, 0.25) is 0 Å². The van der Waals surface area contributed by atoms with E-state index in [0.29, 0.717) is 119 Å². The lowest BCUT2D eigenvalue weighted by atomic mass is 10.2. The molecule has 0 atom stereocenters. The topological polar surface area (TPSA) is 147 Å². The van der Waals surface area contributed by atoms with Crippen molar-refractivity contribution in [1.29, 1.82) is 0 Å². The van der Waals surface area contributed by atoms with Crippen LogP contribution in [-0.2, 0) is 57.0 Å². The number of carbonyl (C=O) groups excluding carboxylic acids is 1. The van der Waals surface area contributed by atoms with Crippen LogP contribution in [0.3, 0.4) is 0 Å². The first kappa shape index (κ1) is 37.2. The zero-order chi connectivity index (χ0) is 28.5. The summed E-state index contributed by atoms with van der Waals surface area (Å²) >= 11 is 0. The van der Waals surface area contributed by atoms with Gasteiger partial charge in [-0.15, -0.1) is 0 Å². The monoisotopic (exact) mass is 568 g/mol. The van der Waals surface area contributed by atoms with Crippen molar-refractivity contribution in [3.05, 3.63) is 12.8 Å². The first-order valence-corrected chi connectivity index (χ1v) is 13.4. The highest BCUT2D eigenvalue weighted by Crippen LogP contribution is 2.01. The molecule has 0 aliphatic carbocycles. The van der Waals surface area contributed by atoms with Gasteiger partial charge in [0.05, 0.1) is 112 Å². The summed E-state index contributed by atoms with van der Waals surface area (Å²) in [5.74, 6) is -1.21. The van der Waals surface area contributed by atoms with Crippen LogP contribution in [0.4, 0.5) is 0 Å². The Hall–Kier alpha value is -1.84. The van der Waals surface area contributed by atoms with E-state index < -0.39 is 5.97 Å². The van der Waals surface area contributed by atoms with E-state index in [4.69, 9.17) is 52.5 Å². The second-order valence-corrected chi connectivity index (χ2v) is 7.76. The number of esters is 1. The molecule has 0 aromatic carbocycles. The van der Waals surface area contributed by atoms with Crippen LogP contribution in [0.25, 0.3) is 0 Å². The molecule has 0 heterocycles. The van der Waals surface area contributed by atoms with Gasteiger partial charge >= 0.3 is 11.9 Å². The highest BCUT2D eigenvalue weighted by Gasteiger charge is 2.04. The van der Waals surface area contributed by atoms with Gasteiger partial charge in [-0.2, -0.15) is 0 Å². The van der Waals surface area contributed by atoms with E-state index in [1.165, 1.54) is 6.26 Å². The lowest BCUT2D eigenvalue weighted by Crippen LogP contribution is -2.15. The molecule has 39 heavy (non-hydrogen) atoms. The first-order chi connectivity index (χ1) is 19.2. The molecule has 13 nitrogen and oxygen atoms in total. The Morgan fingerprint density at radius 2 is 0.795 bits per heavy atom. The van der Waals surface area contributed by atoms with Crippen molar-refractivity contribution >= 4 is 11.9 Å². The van der Waals surface area contributed by atoms with E-state index in [-0.39, 0.29) is 32.0 Å². The molecular weight excluding hydrogens is 520 g/mol. The molecule has 0 radical (unpaired) electrons. The molecule has 0 fully saturated rings. The number of hydrogen-bond acceptors (Lipinski definition) is 12. The summed E-state index contributed by atoms with van der Waals surface area (Å²) in [6.45, 7) is 11.6. The molecule has 0 aliphatic heterocycles. The van der Waals surface area contributed by atoms with Crippen LogP contribution in [-0.4, -0.2) is 136 Å². The molecule has 0 saturated carbocycles. The molecule has 0 aromatic rings. The third-order valence-electron chi connectivity index (χ3n) is 4.58. The summed E-state index contributed by atoms with van der Waals surface area (Å²) in [6.07, 6.45) is 2.63.